The summed E-state index contributed by atoms with van der Waals surface area (Å²) in [6, 6.07) is -1.55. The maximum atomic E-state index is 12.3. The average molecular weight is 848 g/mol. The SMILES string of the molecule is CC/C=C\C/C=C\C/C=C\C/C=C\C/C=C\C/C=C\C/C=C\CCCC(=O)OCC(O)COP(=O)(O)OCC(NC(=O)CCCCCCCCCCCCCC)C(=O)O. The van der Waals surface area contributed by atoms with E-state index in [0.29, 0.717) is 19.3 Å². The van der Waals surface area contributed by atoms with E-state index in [9.17, 15) is 34.1 Å². The normalized spacial score (nSPS) is 14.5. The first kappa shape index (κ1) is 55.7. The van der Waals surface area contributed by atoms with Crippen molar-refractivity contribution in [3.05, 3.63) is 85.1 Å². The molecule has 0 saturated carbocycles. The molecule has 0 rings (SSSR count). The first-order chi connectivity index (χ1) is 28.6. The minimum Gasteiger partial charge on any atom is -0.480 e. The van der Waals surface area contributed by atoms with Gasteiger partial charge >= 0.3 is 19.8 Å². The monoisotopic (exact) mass is 848 g/mol. The van der Waals surface area contributed by atoms with Crippen molar-refractivity contribution in [3.63, 3.8) is 0 Å². The van der Waals surface area contributed by atoms with Gasteiger partial charge in [-0.1, -0.05) is 170 Å². The molecule has 0 radical (unpaired) electrons. The molecule has 0 spiro atoms. The molecule has 0 aliphatic carbocycles. The van der Waals surface area contributed by atoms with E-state index in [1.165, 1.54) is 51.4 Å². The van der Waals surface area contributed by atoms with Crippen LogP contribution in [0.4, 0.5) is 0 Å². The summed E-state index contributed by atoms with van der Waals surface area (Å²) in [5.74, 6) is -2.45. The Hall–Kier alpha value is -3.34. The van der Waals surface area contributed by atoms with Gasteiger partial charge in [0.1, 0.15) is 12.7 Å². The highest BCUT2D eigenvalue weighted by Gasteiger charge is 2.28. The number of carboxylic acid groups (broad SMARTS) is 1. The Labute approximate surface area is 356 Å². The van der Waals surface area contributed by atoms with Crippen LogP contribution >= 0.6 is 7.82 Å². The number of hydrogen-bond acceptors (Lipinski definition) is 8. The molecule has 0 bridgehead atoms. The lowest BCUT2D eigenvalue weighted by atomic mass is 10.0. The standard InChI is InChI=1S/C47H78NO10P/c1-3-5-7-9-11-13-15-17-18-19-20-21-22-23-24-25-26-27-29-31-33-35-37-39-46(51)56-40-43(49)41-57-59(54,55)58-42-44(47(52)53)48-45(50)38-36-34-32-30-28-16-14-12-10-8-6-4-2/h5,7,11,13,17-18,20-21,23-24,26-27,31,33,43-44,49H,3-4,6,8-10,12,14-16,19,22,25,28-30,32,34-42H2,1-2H3,(H,48,50)(H,52,53)(H,54,55)/b7-5-,13-11-,18-17-,21-20-,24-23-,27-26-,33-31-. The highest BCUT2D eigenvalue weighted by molar-refractivity contribution is 7.47. The van der Waals surface area contributed by atoms with Gasteiger partial charge in [-0.2, -0.15) is 0 Å². The van der Waals surface area contributed by atoms with Crippen molar-refractivity contribution in [1.82, 2.24) is 5.32 Å². The number of amides is 1. The molecular weight excluding hydrogens is 769 g/mol. The number of phosphoric ester groups is 1. The zero-order valence-electron chi connectivity index (χ0n) is 36.3. The second kappa shape index (κ2) is 41.4. The topological polar surface area (TPSA) is 169 Å². The van der Waals surface area contributed by atoms with Gasteiger partial charge in [0.2, 0.25) is 5.91 Å². The smallest absolute Gasteiger partial charge is 0.472 e. The second-order valence-electron chi connectivity index (χ2n) is 14.5. The van der Waals surface area contributed by atoms with Crippen molar-refractivity contribution in [2.75, 3.05) is 19.8 Å². The summed E-state index contributed by atoms with van der Waals surface area (Å²) in [5.41, 5.74) is 0. The predicted octanol–water partition coefficient (Wildman–Crippen LogP) is 11.5. The van der Waals surface area contributed by atoms with Crippen LogP contribution < -0.4 is 5.32 Å². The molecule has 0 fully saturated rings. The fraction of sp³-hybridized carbons (Fsp3) is 0.638. The molecule has 0 saturated heterocycles. The van der Waals surface area contributed by atoms with Gasteiger partial charge in [-0.15, -0.1) is 0 Å². The number of hydrogen-bond donors (Lipinski definition) is 4. The van der Waals surface area contributed by atoms with Crippen molar-refractivity contribution in [1.29, 1.82) is 0 Å². The van der Waals surface area contributed by atoms with E-state index in [4.69, 9.17) is 13.8 Å². The van der Waals surface area contributed by atoms with Crippen molar-refractivity contribution in [2.45, 2.75) is 174 Å². The van der Waals surface area contributed by atoms with Crippen LogP contribution in [0.15, 0.2) is 85.1 Å². The number of aliphatic hydroxyl groups is 1. The van der Waals surface area contributed by atoms with Crippen LogP contribution in [0.5, 0.6) is 0 Å². The van der Waals surface area contributed by atoms with Crippen LogP contribution in [0.1, 0.15) is 162 Å². The molecule has 0 heterocycles. The highest BCUT2D eigenvalue weighted by Crippen LogP contribution is 2.43. The number of aliphatic hydroxyl groups excluding tert-OH is 1. The zero-order chi connectivity index (χ0) is 43.5. The van der Waals surface area contributed by atoms with E-state index in [0.717, 1.165) is 64.2 Å². The molecule has 0 aromatic carbocycles. The molecule has 3 atom stereocenters. The summed E-state index contributed by atoms with van der Waals surface area (Å²) in [5, 5.41) is 21.8. The lowest BCUT2D eigenvalue weighted by Gasteiger charge is -2.18. The van der Waals surface area contributed by atoms with Gasteiger partial charge < -0.3 is 25.2 Å². The van der Waals surface area contributed by atoms with Crippen LogP contribution in [-0.2, 0) is 32.7 Å². The number of carbonyl (C=O) groups excluding carboxylic acids is 2. The second-order valence-corrected chi connectivity index (χ2v) is 16.0. The molecular formula is C47H78NO10P. The molecule has 0 aromatic heterocycles. The van der Waals surface area contributed by atoms with Crippen molar-refractivity contribution in [3.8, 4) is 0 Å². The molecule has 0 aliphatic rings. The van der Waals surface area contributed by atoms with Gasteiger partial charge in [0, 0.05) is 12.8 Å². The summed E-state index contributed by atoms with van der Waals surface area (Å²) in [6.45, 7) is 2.39. The Morgan fingerprint density at radius 1 is 0.559 bits per heavy atom. The van der Waals surface area contributed by atoms with Crippen LogP contribution in [0, 0.1) is 0 Å². The molecule has 1 amide bonds. The average Bonchev–Trinajstić information content (AvgIpc) is 3.21. The fourth-order valence-corrected chi connectivity index (χ4v) is 6.31. The molecule has 4 N–H and O–H groups in total. The number of unbranched alkanes of at least 4 members (excludes halogenated alkanes) is 12. The molecule has 11 nitrogen and oxygen atoms in total. The third-order valence-corrected chi connectivity index (χ3v) is 9.90. The number of esters is 1. The van der Waals surface area contributed by atoms with E-state index < -0.39 is 57.6 Å². The number of carbonyl (C=O) groups is 3. The maximum absolute atomic E-state index is 12.3. The largest absolute Gasteiger partial charge is 0.480 e. The minimum atomic E-state index is -4.77. The number of allylic oxidation sites excluding steroid dienone is 14. The van der Waals surface area contributed by atoms with Crippen molar-refractivity contribution < 1.29 is 47.8 Å². The molecule has 59 heavy (non-hydrogen) atoms. The molecule has 0 aliphatic heterocycles. The first-order valence-electron chi connectivity index (χ1n) is 22.1. The fourth-order valence-electron chi connectivity index (χ4n) is 5.54. The van der Waals surface area contributed by atoms with Crippen LogP contribution in [-0.4, -0.2) is 64.9 Å². The van der Waals surface area contributed by atoms with E-state index in [-0.39, 0.29) is 12.8 Å². The summed E-state index contributed by atoms with van der Waals surface area (Å²) in [6.07, 6.45) is 50.5. The summed E-state index contributed by atoms with van der Waals surface area (Å²) >= 11 is 0. The third-order valence-electron chi connectivity index (χ3n) is 8.95. The van der Waals surface area contributed by atoms with E-state index in [1.54, 1.807) is 0 Å². The highest BCUT2D eigenvalue weighted by atomic mass is 31.2. The maximum Gasteiger partial charge on any atom is 0.472 e. The minimum absolute atomic E-state index is 0.140. The van der Waals surface area contributed by atoms with Gasteiger partial charge in [-0.05, 0) is 64.2 Å². The number of rotatable bonds is 40. The Kier molecular flexibility index (Phi) is 39.1. The quantitative estimate of drug-likeness (QED) is 0.0201. The summed E-state index contributed by atoms with van der Waals surface area (Å²) in [4.78, 5) is 45.8. The number of ether oxygens (including phenoxy) is 1. The number of aliphatic carboxylic acids is 1. The van der Waals surface area contributed by atoms with Crippen molar-refractivity contribution >= 4 is 25.7 Å². The van der Waals surface area contributed by atoms with E-state index in [1.807, 2.05) is 12.2 Å². The summed E-state index contributed by atoms with van der Waals surface area (Å²) in [7, 11) is -4.77. The Bertz CT molecular complexity index is 1320. The van der Waals surface area contributed by atoms with Crippen LogP contribution in [0.25, 0.3) is 0 Å². The number of carboxylic acids is 1. The first-order valence-corrected chi connectivity index (χ1v) is 23.6. The van der Waals surface area contributed by atoms with Crippen LogP contribution in [0.2, 0.25) is 0 Å². The van der Waals surface area contributed by atoms with Gasteiger partial charge in [-0.3, -0.25) is 18.6 Å². The predicted molar refractivity (Wildman–Crippen MR) is 240 cm³/mol. The Balaban J connectivity index is 3.99. The zero-order valence-corrected chi connectivity index (χ0v) is 37.2. The molecule has 0 aromatic rings. The van der Waals surface area contributed by atoms with Gasteiger partial charge in [-0.25, -0.2) is 9.36 Å². The number of nitrogens with one attached hydrogen (secondary N) is 1. The lowest BCUT2D eigenvalue weighted by Crippen LogP contribution is -2.43. The van der Waals surface area contributed by atoms with E-state index in [2.05, 4.69) is 92.1 Å². The summed E-state index contributed by atoms with van der Waals surface area (Å²) < 4.78 is 26.8. The van der Waals surface area contributed by atoms with Gasteiger partial charge in [0.15, 0.2) is 6.04 Å². The van der Waals surface area contributed by atoms with Gasteiger partial charge in [0.25, 0.3) is 0 Å². The number of phosphoric acid groups is 1. The van der Waals surface area contributed by atoms with E-state index >= 15 is 0 Å². The van der Waals surface area contributed by atoms with Crippen LogP contribution in [0.3, 0.4) is 0 Å². The molecule has 12 heteroatoms. The third kappa shape index (κ3) is 41.2. The lowest BCUT2D eigenvalue weighted by molar-refractivity contribution is -0.147. The molecule has 336 valence electrons. The molecule has 3 unspecified atom stereocenters. The van der Waals surface area contributed by atoms with Crippen molar-refractivity contribution in [2.24, 2.45) is 0 Å². The Morgan fingerprint density at radius 2 is 0.983 bits per heavy atom. The Morgan fingerprint density at radius 3 is 1.44 bits per heavy atom. The van der Waals surface area contributed by atoms with Gasteiger partial charge in [0.05, 0.1) is 13.2 Å².